The molecular formula is C19H23N5O2S. The number of rotatable bonds is 6. The van der Waals surface area contributed by atoms with E-state index in [1.807, 2.05) is 35.0 Å². The van der Waals surface area contributed by atoms with E-state index in [0.717, 1.165) is 37.0 Å². The Balaban J connectivity index is 1.36. The first-order chi connectivity index (χ1) is 13.1. The molecule has 1 fully saturated rings. The van der Waals surface area contributed by atoms with Gasteiger partial charge in [0, 0.05) is 44.6 Å². The minimum atomic E-state index is -3.43. The number of hydrogen-bond acceptors (Lipinski definition) is 5. The lowest BCUT2D eigenvalue weighted by Gasteiger charge is -2.25. The third-order valence-electron chi connectivity index (χ3n) is 4.79. The zero-order chi connectivity index (χ0) is 18.7. The van der Waals surface area contributed by atoms with E-state index in [2.05, 4.69) is 15.3 Å². The second-order valence-corrected chi connectivity index (χ2v) is 8.66. The van der Waals surface area contributed by atoms with Crippen molar-refractivity contribution in [1.29, 1.82) is 0 Å². The molecule has 3 aromatic rings. The van der Waals surface area contributed by atoms with Crippen molar-refractivity contribution >= 4 is 21.5 Å². The predicted molar refractivity (Wildman–Crippen MR) is 104 cm³/mol. The Kier molecular flexibility index (Phi) is 5.09. The Morgan fingerprint density at radius 3 is 2.67 bits per heavy atom. The maximum absolute atomic E-state index is 12.6. The van der Waals surface area contributed by atoms with Crippen molar-refractivity contribution in [2.24, 2.45) is 0 Å². The van der Waals surface area contributed by atoms with E-state index >= 15 is 0 Å². The van der Waals surface area contributed by atoms with Gasteiger partial charge < -0.3 is 9.72 Å². The molecule has 1 aliphatic heterocycles. The van der Waals surface area contributed by atoms with Crippen molar-refractivity contribution < 1.29 is 8.42 Å². The molecular weight excluding hydrogens is 362 g/mol. The Morgan fingerprint density at radius 1 is 1.07 bits per heavy atom. The van der Waals surface area contributed by atoms with Gasteiger partial charge in [0.15, 0.2) is 0 Å². The first-order valence-corrected chi connectivity index (χ1v) is 10.7. The molecule has 4 heterocycles. The van der Waals surface area contributed by atoms with Crippen LogP contribution in [0.4, 0.5) is 5.82 Å². The molecule has 0 unspecified atom stereocenters. The lowest BCUT2D eigenvalue weighted by atomic mass is 10.2. The van der Waals surface area contributed by atoms with Crippen LogP contribution in [0.15, 0.2) is 53.8 Å². The molecule has 0 saturated carbocycles. The van der Waals surface area contributed by atoms with Gasteiger partial charge in [0.2, 0.25) is 10.0 Å². The quantitative estimate of drug-likeness (QED) is 0.705. The third-order valence-corrected chi connectivity index (χ3v) is 6.67. The first kappa shape index (κ1) is 17.9. The van der Waals surface area contributed by atoms with Crippen molar-refractivity contribution in [3.05, 3.63) is 54.6 Å². The van der Waals surface area contributed by atoms with Crippen LogP contribution >= 0.6 is 0 Å². The van der Waals surface area contributed by atoms with Crippen LogP contribution in [0.2, 0.25) is 0 Å². The molecule has 0 atom stereocenters. The zero-order valence-corrected chi connectivity index (χ0v) is 15.9. The summed E-state index contributed by atoms with van der Waals surface area (Å²) in [4.78, 5) is 9.09. The summed E-state index contributed by atoms with van der Waals surface area (Å²) in [6.07, 6.45) is 9.14. The summed E-state index contributed by atoms with van der Waals surface area (Å²) in [5, 5.41) is 3.23. The zero-order valence-electron chi connectivity index (χ0n) is 15.1. The van der Waals surface area contributed by atoms with Gasteiger partial charge in [-0.3, -0.25) is 0 Å². The molecule has 7 nitrogen and oxygen atoms in total. The second kappa shape index (κ2) is 7.66. The molecule has 1 aliphatic rings. The highest BCUT2D eigenvalue weighted by Gasteiger charge is 2.26. The standard InChI is InChI=1S/C19H23N5O2S/c25-27(26,24-12-3-1-4-13-24)17-7-8-18(21-14-17)20-10-9-16-15-23-11-5-2-6-19(23)22-16/h2,5-8,11,14-15H,1,3-4,9-10,12-13H2,(H,20,21). The van der Waals surface area contributed by atoms with E-state index in [9.17, 15) is 8.42 Å². The van der Waals surface area contributed by atoms with Crippen LogP contribution in [-0.4, -0.2) is 46.7 Å². The highest BCUT2D eigenvalue weighted by atomic mass is 32.2. The van der Waals surface area contributed by atoms with E-state index in [1.165, 1.54) is 6.20 Å². The number of fused-ring (bicyclic) bond motifs is 1. The molecule has 1 N–H and O–H groups in total. The van der Waals surface area contributed by atoms with Gasteiger partial charge >= 0.3 is 0 Å². The summed E-state index contributed by atoms with van der Waals surface area (Å²) in [5.74, 6) is 0.663. The van der Waals surface area contributed by atoms with E-state index in [1.54, 1.807) is 16.4 Å². The Hall–Kier alpha value is -2.45. The van der Waals surface area contributed by atoms with E-state index in [-0.39, 0.29) is 4.90 Å². The highest BCUT2D eigenvalue weighted by molar-refractivity contribution is 7.89. The summed E-state index contributed by atoms with van der Waals surface area (Å²) in [6, 6.07) is 9.26. The van der Waals surface area contributed by atoms with E-state index < -0.39 is 10.0 Å². The van der Waals surface area contributed by atoms with Crippen LogP contribution in [0.1, 0.15) is 25.0 Å². The van der Waals surface area contributed by atoms with Gasteiger partial charge in [0.25, 0.3) is 0 Å². The fourth-order valence-electron chi connectivity index (χ4n) is 3.32. The molecule has 0 bridgehead atoms. The number of pyridine rings is 2. The molecule has 27 heavy (non-hydrogen) atoms. The van der Waals surface area contributed by atoms with Crippen molar-refractivity contribution in [3.8, 4) is 0 Å². The molecule has 0 spiro atoms. The fourth-order valence-corrected chi connectivity index (χ4v) is 4.78. The van der Waals surface area contributed by atoms with Crippen LogP contribution in [0, 0.1) is 0 Å². The second-order valence-electron chi connectivity index (χ2n) is 6.72. The number of nitrogens with zero attached hydrogens (tertiary/aromatic N) is 4. The Morgan fingerprint density at radius 2 is 1.93 bits per heavy atom. The lowest BCUT2D eigenvalue weighted by molar-refractivity contribution is 0.346. The van der Waals surface area contributed by atoms with Crippen LogP contribution in [-0.2, 0) is 16.4 Å². The molecule has 8 heteroatoms. The number of nitrogens with one attached hydrogen (secondary N) is 1. The minimum absolute atomic E-state index is 0.260. The third kappa shape index (κ3) is 3.96. The van der Waals surface area contributed by atoms with Gasteiger partial charge in [-0.15, -0.1) is 0 Å². The summed E-state index contributed by atoms with van der Waals surface area (Å²) in [5.41, 5.74) is 1.93. The minimum Gasteiger partial charge on any atom is -0.370 e. The molecule has 0 radical (unpaired) electrons. The number of anilines is 1. The summed E-state index contributed by atoms with van der Waals surface area (Å²) >= 11 is 0. The summed E-state index contributed by atoms with van der Waals surface area (Å²) in [6.45, 7) is 1.87. The van der Waals surface area contributed by atoms with Crippen LogP contribution in [0.5, 0.6) is 0 Å². The normalized spacial score (nSPS) is 15.9. The van der Waals surface area contributed by atoms with Crippen LogP contribution < -0.4 is 5.32 Å². The monoisotopic (exact) mass is 385 g/mol. The molecule has 0 aromatic carbocycles. The first-order valence-electron chi connectivity index (χ1n) is 9.26. The van der Waals surface area contributed by atoms with Crippen LogP contribution in [0.3, 0.4) is 0 Å². The van der Waals surface area contributed by atoms with E-state index in [0.29, 0.717) is 25.5 Å². The maximum Gasteiger partial charge on any atom is 0.244 e. The largest absolute Gasteiger partial charge is 0.370 e. The predicted octanol–water partition coefficient (Wildman–Crippen LogP) is 2.56. The number of imidazole rings is 1. The Bertz CT molecular complexity index is 975. The van der Waals surface area contributed by atoms with Gasteiger partial charge in [-0.2, -0.15) is 4.31 Å². The smallest absolute Gasteiger partial charge is 0.244 e. The SMILES string of the molecule is O=S(=O)(c1ccc(NCCc2cn3ccccc3n2)nc1)N1CCCCC1. The summed E-state index contributed by atoms with van der Waals surface area (Å²) < 4.78 is 28.8. The Labute approximate surface area is 159 Å². The molecule has 0 amide bonds. The number of hydrogen-bond donors (Lipinski definition) is 1. The average Bonchev–Trinajstić information content (AvgIpc) is 3.12. The van der Waals surface area contributed by atoms with Gasteiger partial charge in [0.1, 0.15) is 16.4 Å². The van der Waals surface area contributed by atoms with Gasteiger partial charge in [-0.1, -0.05) is 12.5 Å². The lowest BCUT2D eigenvalue weighted by Crippen LogP contribution is -2.35. The molecule has 4 rings (SSSR count). The molecule has 142 valence electrons. The summed E-state index contributed by atoms with van der Waals surface area (Å²) in [7, 11) is -3.43. The topological polar surface area (TPSA) is 79.6 Å². The van der Waals surface area contributed by atoms with E-state index in [4.69, 9.17) is 0 Å². The molecule has 1 saturated heterocycles. The average molecular weight is 385 g/mol. The van der Waals surface area contributed by atoms with Crippen molar-refractivity contribution in [3.63, 3.8) is 0 Å². The van der Waals surface area contributed by atoms with Crippen molar-refractivity contribution in [2.45, 2.75) is 30.6 Å². The highest BCUT2D eigenvalue weighted by Crippen LogP contribution is 2.20. The molecule has 3 aromatic heterocycles. The number of sulfonamides is 1. The maximum atomic E-state index is 12.6. The number of piperidine rings is 1. The number of aromatic nitrogens is 3. The van der Waals surface area contributed by atoms with Gasteiger partial charge in [0.05, 0.1) is 5.69 Å². The van der Waals surface area contributed by atoms with Crippen LogP contribution in [0.25, 0.3) is 5.65 Å². The fraction of sp³-hybridized carbons (Fsp3) is 0.368. The van der Waals surface area contributed by atoms with Gasteiger partial charge in [-0.25, -0.2) is 18.4 Å². The van der Waals surface area contributed by atoms with Crippen molar-refractivity contribution in [1.82, 2.24) is 18.7 Å². The van der Waals surface area contributed by atoms with Gasteiger partial charge in [-0.05, 0) is 37.1 Å². The van der Waals surface area contributed by atoms with Crippen molar-refractivity contribution in [2.75, 3.05) is 25.0 Å². The molecule has 0 aliphatic carbocycles.